The Balaban J connectivity index is 1.73. The molecule has 0 unspecified atom stereocenters. The van der Waals surface area contributed by atoms with Gasteiger partial charge in [-0.15, -0.1) is 0 Å². The zero-order valence-electron chi connectivity index (χ0n) is 15.2. The number of aryl methyl sites for hydroxylation is 1. The number of hydrogen-bond acceptors (Lipinski definition) is 5. The summed E-state index contributed by atoms with van der Waals surface area (Å²) in [7, 11) is 0. The van der Waals surface area contributed by atoms with Gasteiger partial charge in [-0.2, -0.15) is 0 Å². The van der Waals surface area contributed by atoms with Crippen molar-refractivity contribution in [1.82, 2.24) is 0 Å². The molecule has 5 nitrogen and oxygen atoms in total. The number of aliphatic hydroxyl groups excluding tert-OH is 3. The average Bonchev–Trinajstić information content (AvgIpc) is 2.99. The van der Waals surface area contributed by atoms with Crippen LogP contribution in [0, 0.1) is 6.92 Å². The molecule has 2 heterocycles. The second-order valence-corrected chi connectivity index (χ2v) is 8.32. The zero-order chi connectivity index (χ0) is 19.3. The van der Waals surface area contributed by atoms with E-state index in [1.54, 1.807) is 6.92 Å². The lowest BCUT2D eigenvalue weighted by atomic mass is 9.86. The fourth-order valence-electron chi connectivity index (χ4n) is 3.87. The van der Waals surface area contributed by atoms with Crippen LogP contribution in [-0.2, 0) is 28.3 Å². The summed E-state index contributed by atoms with van der Waals surface area (Å²) in [5.74, 6) is -1.46. The van der Waals surface area contributed by atoms with Crippen LogP contribution in [0.25, 0.3) is 0 Å². The molecule has 1 fully saturated rings. The third kappa shape index (κ3) is 3.14. The number of fused-ring (bicyclic) bond motifs is 2. The Morgan fingerprint density at radius 3 is 2.52 bits per heavy atom. The fraction of sp³-hybridized carbons (Fsp3) is 0.429. The van der Waals surface area contributed by atoms with Gasteiger partial charge in [0.2, 0.25) is 5.79 Å². The van der Waals surface area contributed by atoms with Crippen molar-refractivity contribution in [3.63, 3.8) is 0 Å². The largest absolute Gasteiger partial charge is 0.388 e. The van der Waals surface area contributed by atoms with Crippen LogP contribution in [0.2, 0.25) is 0 Å². The summed E-state index contributed by atoms with van der Waals surface area (Å²) in [6.07, 6.45) is -3.84. The van der Waals surface area contributed by atoms with Gasteiger partial charge < -0.3 is 24.8 Å². The van der Waals surface area contributed by atoms with E-state index in [9.17, 15) is 15.3 Å². The maximum Gasteiger partial charge on any atom is 0.225 e. The van der Waals surface area contributed by atoms with Crippen LogP contribution < -0.4 is 0 Å². The maximum absolute atomic E-state index is 10.7. The second kappa shape index (κ2) is 6.95. The summed E-state index contributed by atoms with van der Waals surface area (Å²) >= 11 is 3.63. The second-order valence-electron chi connectivity index (χ2n) is 7.47. The molecule has 0 aromatic heterocycles. The normalized spacial score (nSPS) is 32.7. The van der Waals surface area contributed by atoms with Gasteiger partial charge in [-0.1, -0.05) is 45.8 Å². The highest BCUT2D eigenvalue weighted by atomic mass is 79.9. The first-order chi connectivity index (χ1) is 12.8. The van der Waals surface area contributed by atoms with E-state index in [2.05, 4.69) is 47.1 Å². The molecule has 5 atom stereocenters. The predicted octanol–water partition coefficient (Wildman–Crippen LogP) is 2.53. The Bertz CT molecular complexity index is 852. The molecule has 0 bridgehead atoms. The fourth-order valence-corrected chi connectivity index (χ4v) is 4.41. The van der Waals surface area contributed by atoms with Crippen molar-refractivity contribution >= 4 is 15.9 Å². The molecule has 4 rings (SSSR count). The van der Waals surface area contributed by atoms with Crippen LogP contribution in [0.15, 0.2) is 40.9 Å². The predicted molar refractivity (Wildman–Crippen MR) is 103 cm³/mol. The molecule has 1 spiro atoms. The van der Waals surface area contributed by atoms with Crippen molar-refractivity contribution in [1.29, 1.82) is 0 Å². The lowest BCUT2D eigenvalue weighted by Crippen LogP contribution is -2.62. The molecule has 0 saturated carbocycles. The van der Waals surface area contributed by atoms with Crippen molar-refractivity contribution in [3.8, 4) is 0 Å². The van der Waals surface area contributed by atoms with Gasteiger partial charge in [-0.05, 0) is 49.1 Å². The number of halogens is 1. The molecule has 2 aliphatic heterocycles. The highest BCUT2D eigenvalue weighted by Gasteiger charge is 2.57. The number of aliphatic hydroxyl groups is 3. The van der Waals surface area contributed by atoms with Gasteiger partial charge >= 0.3 is 0 Å². The minimum atomic E-state index is -1.46. The van der Waals surface area contributed by atoms with Crippen LogP contribution in [-0.4, -0.2) is 39.7 Å². The van der Waals surface area contributed by atoms with Gasteiger partial charge in [0.1, 0.15) is 18.3 Å². The molecule has 144 valence electrons. The van der Waals surface area contributed by atoms with E-state index in [1.807, 2.05) is 12.1 Å². The lowest BCUT2D eigenvalue weighted by molar-refractivity contribution is -0.362. The van der Waals surface area contributed by atoms with Crippen LogP contribution in [0.5, 0.6) is 0 Å². The van der Waals surface area contributed by atoms with E-state index in [1.165, 1.54) is 11.1 Å². The van der Waals surface area contributed by atoms with E-state index < -0.39 is 30.2 Å². The van der Waals surface area contributed by atoms with Gasteiger partial charge in [0, 0.05) is 10.0 Å². The van der Waals surface area contributed by atoms with Crippen LogP contribution >= 0.6 is 15.9 Å². The molecule has 6 heteroatoms. The van der Waals surface area contributed by atoms with E-state index in [0.29, 0.717) is 12.0 Å². The zero-order valence-corrected chi connectivity index (χ0v) is 16.8. The summed E-state index contributed by atoms with van der Waals surface area (Å²) < 4.78 is 12.7. The van der Waals surface area contributed by atoms with Gasteiger partial charge in [-0.25, -0.2) is 0 Å². The van der Waals surface area contributed by atoms with Crippen LogP contribution in [0.3, 0.4) is 0 Å². The first-order valence-corrected chi connectivity index (χ1v) is 9.84. The van der Waals surface area contributed by atoms with Crippen LogP contribution in [0.4, 0.5) is 0 Å². The number of benzene rings is 2. The summed E-state index contributed by atoms with van der Waals surface area (Å²) in [6, 6.07) is 12.3. The summed E-state index contributed by atoms with van der Waals surface area (Å²) in [5, 5.41) is 31.0. The molecule has 0 radical (unpaired) electrons. The van der Waals surface area contributed by atoms with Crippen molar-refractivity contribution in [2.75, 3.05) is 0 Å². The van der Waals surface area contributed by atoms with E-state index in [0.717, 1.165) is 15.6 Å². The Kier molecular flexibility index (Phi) is 4.91. The van der Waals surface area contributed by atoms with E-state index in [-0.39, 0.29) is 6.61 Å². The van der Waals surface area contributed by atoms with Crippen molar-refractivity contribution in [3.05, 3.63) is 68.7 Å². The van der Waals surface area contributed by atoms with E-state index in [4.69, 9.17) is 9.47 Å². The van der Waals surface area contributed by atoms with E-state index >= 15 is 0 Å². The molecule has 3 N–H and O–H groups in total. The maximum atomic E-state index is 10.7. The van der Waals surface area contributed by atoms with Crippen molar-refractivity contribution in [2.24, 2.45) is 0 Å². The van der Waals surface area contributed by atoms with Gasteiger partial charge in [0.05, 0.1) is 12.7 Å². The van der Waals surface area contributed by atoms with Crippen molar-refractivity contribution < 1.29 is 24.8 Å². The molecular weight excluding hydrogens is 412 g/mol. The van der Waals surface area contributed by atoms with Crippen molar-refractivity contribution in [2.45, 2.75) is 57.1 Å². The highest BCUT2D eigenvalue weighted by molar-refractivity contribution is 9.10. The lowest BCUT2D eigenvalue weighted by Gasteiger charge is -2.45. The summed E-state index contributed by atoms with van der Waals surface area (Å²) in [5.41, 5.74) is 5.01. The highest BCUT2D eigenvalue weighted by Crippen LogP contribution is 2.47. The Morgan fingerprint density at radius 1 is 1.11 bits per heavy atom. The van der Waals surface area contributed by atoms with Crippen LogP contribution in [0.1, 0.15) is 34.7 Å². The minimum absolute atomic E-state index is 0.269. The third-order valence-corrected chi connectivity index (χ3v) is 6.25. The topological polar surface area (TPSA) is 79.2 Å². The molecule has 2 aliphatic rings. The molecule has 0 amide bonds. The number of hydrogen-bond donors (Lipinski definition) is 3. The van der Waals surface area contributed by atoms with Gasteiger partial charge in [0.25, 0.3) is 0 Å². The first-order valence-electron chi connectivity index (χ1n) is 9.05. The smallest absolute Gasteiger partial charge is 0.225 e. The van der Waals surface area contributed by atoms with Gasteiger partial charge in [-0.3, -0.25) is 0 Å². The molecule has 1 saturated heterocycles. The SMILES string of the molecule is Cc1ccc(Cc2cc3c(cc2Br)CO[C@]32O[C@H](C)[C@@H](O)[C@H](O)[C@H]2O)cc1. The quantitative estimate of drug-likeness (QED) is 0.676. The Labute approximate surface area is 166 Å². The molecule has 27 heavy (non-hydrogen) atoms. The monoisotopic (exact) mass is 434 g/mol. The molecule has 2 aromatic carbocycles. The standard InChI is InChI=1S/C21H23BrO5/c1-11-3-5-13(6-4-11)7-14-8-16-15(9-17(14)22)10-26-21(16)20(25)19(24)18(23)12(2)27-21/h3-6,8-9,12,18-20,23-25H,7,10H2,1-2H3/t12-,18-,19+,20-,21+/m1/s1. The summed E-state index contributed by atoms with van der Waals surface area (Å²) in [6.45, 7) is 3.99. The Hall–Kier alpha value is -1.28. The average molecular weight is 435 g/mol. The van der Waals surface area contributed by atoms with Gasteiger partial charge in [0.15, 0.2) is 0 Å². The molecule has 0 aliphatic carbocycles. The Morgan fingerprint density at radius 2 is 1.81 bits per heavy atom. The number of ether oxygens (including phenoxy) is 2. The summed E-state index contributed by atoms with van der Waals surface area (Å²) in [4.78, 5) is 0. The minimum Gasteiger partial charge on any atom is -0.388 e. The molecular formula is C21H23BrO5. The third-order valence-electron chi connectivity index (χ3n) is 5.51. The number of rotatable bonds is 2. The molecule has 2 aromatic rings. The first kappa shape index (κ1) is 19.1.